The molecule has 0 saturated carbocycles. The quantitative estimate of drug-likeness (QED) is 0.289. The summed E-state index contributed by atoms with van der Waals surface area (Å²) in [5.41, 5.74) is -2.37. The van der Waals surface area contributed by atoms with Gasteiger partial charge in [0.1, 0.15) is 12.3 Å². The van der Waals surface area contributed by atoms with Crippen molar-refractivity contribution in [2.45, 2.75) is 49.8 Å². The summed E-state index contributed by atoms with van der Waals surface area (Å²) in [6, 6.07) is 17.9. The SMILES string of the molecule is O=C(OP(=O)(O)OC[C@H]1O[C@@H](n2cc(F)c(=O)[nH]c2=O)C[C@@H]1O)[C@]1(c2ccccc2)CCCN1OCc1ccccc1. The van der Waals surface area contributed by atoms with Crippen molar-refractivity contribution in [3.63, 3.8) is 0 Å². The molecule has 3 aromatic rings. The van der Waals surface area contributed by atoms with Crippen molar-refractivity contribution in [2.75, 3.05) is 13.2 Å². The van der Waals surface area contributed by atoms with E-state index in [9.17, 15) is 33.3 Å². The number of ether oxygens (including phenoxy) is 1. The van der Waals surface area contributed by atoms with E-state index in [1.807, 2.05) is 30.3 Å². The lowest BCUT2D eigenvalue weighted by Gasteiger charge is -2.36. The van der Waals surface area contributed by atoms with Crippen LogP contribution in [0.1, 0.15) is 36.6 Å². The van der Waals surface area contributed by atoms with Crippen LogP contribution >= 0.6 is 7.82 Å². The predicted molar refractivity (Wildman–Crippen MR) is 143 cm³/mol. The first kappa shape index (κ1) is 30.0. The molecule has 1 unspecified atom stereocenters. The zero-order valence-corrected chi connectivity index (χ0v) is 23.1. The lowest BCUT2D eigenvalue weighted by molar-refractivity contribution is -0.224. The fraction of sp³-hybridized carbons (Fsp3) is 0.370. The molecular formula is C27H29FN3O10P. The van der Waals surface area contributed by atoms with Crippen molar-refractivity contribution in [1.29, 1.82) is 0 Å². The number of phosphoric ester groups is 1. The molecule has 0 aliphatic carbocycles. The van der Waals surface area contributed by atoms with Gasteiger partial charge in [-0.05, 0) is 24.0 Å². The first-order valence-corrected chi connectivity index (χ1v) is 14.6. The normalized spacial score (nSPS) is 25.7. The molecule has 0 bridgehead atoms. The Bertz CT molecular complexity index is 1570. The lowest BCUT2D eigenvalue weighted by atomic mass is 9.88. The minimum Gasteiger partial charge on any atom is -0.390 e. The lowest BCUT2D eigenvalue weighted by Crippen LogP contribution is -2.48. The van der Waals surface area contributed by atoms with Crippen molar-refractivity contribution < 1.29 is 42.4 Å². The summed E-state index contributed by atoms with van der Waals surface area (Å²) in [7, 11) is -5.06. The number of aliphatic hydroxyl groups excluding tert-OH is 1. The fourth-order valence-corrected chi connectivity index (χ4v) is 5.85. The van der Waals surface area contributed by atoms with Gasteiger partial charge in [-0.25, -0.2) is 14.2 Å². The summed E-state index contributed by atoms with van der Waals surface area (Å²) in [5.74, 6) is -2.30. The Morgan fingerprint density at radius 3 is 2.55 bits per heavy atom. The van der Waals surface area contributed by atoms with Crippen LogP contribution in [0.4, 0.5) is 4.39 Å². The zero-order chi connectivity index (χ0) is 29.9. The number of hydroxylamine groups is 2. The van der Waals surface area contributed by atoms with Crippen LogP contribution in [0.5, 0.6) is 0 Å². The molecule has 2 aliphatic rings. The third kappa shape index (κ3) is 6.30. The Labute approximate surface area is 238 Å². The molecule has 2 saturated heterocycles. The number of carbonyl (C=O) groups is 1. The van der Waals surface area contributed by atoms with Crippen molar-refractivity contribution in [1.82, 2.24) is 14.6 Å². The van der Waals surface area contributed by atoms with Crippen molar-refractivity contribution >= 4 is 13.8 Å². The highest BCUT2D eigenvalue weighted by molar-refractivity contribution is 7.48. The van der Waals surface area contributed by atoms with Gasteiger partial charge >= 0.3 is 19.5 Å². The maximum Gasteiger partial charge on any atom is 0.529 e. The second-order valence-corrected chi connectivity index (χ2v) is 11.3. The Morgan fingerprint density at radius 1 is 1.14 bits per heavy atom. The Balaban J connectivity index is 1.28. The number of hydrogen-bond donors (Lipinski definition) is 3. The van der Waals surface area contributed by atoms with Crippen LogP contribution in [0.15, 0.2) is 76.4 Å². The number of nitrogens with one attached hydrogen (secondary N) is 1. The topological polar surface area (TPSA) is 170 Å². The van der Waals surface area contributed by atoms with Crippen LogP contribution in [-0.2, 0) is 40.1 Å². The van der Waals surface area contributed by atoms with E-state index in [4.69, 9.17) is 18.6 Å². The molecule has 5 rings (SSSR count). The van der Waals surface area contributed by atoms with Gasteiger partial charge in [0, 0.05) is 13.0 Å². The number of H-pyrrole nitrogens is 1. The van der Waals surface area contributed by atoms with E-state index in [1.165, 1.54) is 5.06 Å². The molecule has 2 aromatic carbocycles. The van der Waals surface area contributed by atoms with Crippen LogP contribution in [0, 0.1) is 5.82 Å². The molecule has 2 fully saturated rings. The van der Waals surface area contributed by atoms with Gasteiger partial charge in [-0.15, -0.1) is 0 Å². The number of aliphatic hydroxyl groups is 1. The van der Waals surface area contributed by atoms with Gasteiger partial charge in [0.2, 0.25) is 5.82 Å². The van der Waals surface area contributed by atoms with Gasteiger partial charge in [-0.3, -0.25) is 28.6 Å². The number of rotatable bonds is 10. The van der Waals surface area contributed by atoms with E-state index in [2.05, 4.69) is 0 Å². The highest BCUT2D eigenvalue weighted by Gasteiger charge is 2.53. The molecule has 42 heavy (non-hydrogen) atoms. The second kappa shape index (κ2) is 12.4. The van der Waals surface area contributed by atoms with Gasteiger partial charge < -0.3 is 14.4 Å². The van der Waals surface area contributed by atoms with Crippen LogP contribution in [0.25, 0.3) is 0 Å². The highest BCUT2D eigenvalue weighted by atomic mass is 31.2. The molecule has 13 nitrogen and oxygen atoms in total. The average molecular weight is 606 g/mol. The standard InChI is InChI=1S/C27H29FN3O10P/c28-20-15-30(26(35)29-24(20)33)23-14-21(32)22(40-23)17-39-42(36,37)41-25(34)27(19-10-5-2-6-11-19)12-7-13-31(27)38-16-18-8-3-1-4-9-18/h1-6,8-11,15,21-23,32H,7,12-14,16-17H2,(H,36,37)(H,29,33,35)/t21-,22+,23+,27+/m0/s1. The van der Waals surface area contributed by atoms with Crippen molar-refractivity contribution in [3.8, 4) is 0 Å². The molecule has 2 aliphatic heterocycles. The summed E-state index contributed by atoms with van der Waals surface area (Å²) in [4.78, 5) is 55.3. The molecule has 0 spiro atoms. The summed E-state index contributed by atoms with van der Waals surface area (Å²) < 4.78 is 43.0. The number of aromatic amines is 1. The van der Waals surface area contributed by atoms with Crippen molar-refractivity contribution in [2.24, 2.45) is 0 Å². The number of benzene rings is 2. The largest absolute Gasteiger partial charge is 0.529 e. The molecular weight excluding hydrogens is 576 g/mol. The number of phosphoric acid groups is 1. The molecule has 3 N–H and O–H groups in total. The van der Waals surface area contributed by atoms with Gasteiger partial charge in [0.15, 0.2) is 5.54 Å². The third-order valence-corrected chi connectivity index (χ3v) is 8.06. The predicted octanol–water partition coefficient (Wildman–Crippen LogP) is 2.11. The second-order valence-electron chi connectivity index (χ2n) is 9.91. The van der Waals surface area contributed by atoms with Gasteiger partial charge in [0.05, 0.1) is 25.5 Å². The summed E-state index contributed by atoms with van der Waals surface area (Å²) in [5, 5.41) is 11.8. The van der Waals surface area contributed by atoms with E-state index < -0.39 is 61.4 Å². The minimum atomic E-state index is -5.06. The molecule has 5 atom stereocenters. The van der Waals surface area contributed by atoms with E-state index in [0.29, 0.717) is 24.7 Å². The van der Waals surface area contributed by atoms with Crippen LogP contribution in [-0.4, -0.2) is 55.9 Å². The fourth-order valence-electron chi connectivity index (χ4n) is 5.10. The zero-order valence-electron chi connectivity index (χ0n) is 22.2. The molecule has 224 valence electrons. The molecule has 0 radical (unpaired) electrons. The maximum atomic E-state index is 13.7. The van der Waals surface area contributed by atoms with Gasteiger partial charge in [-0.1, -0.05) is 60.7 Å². The number of nitrogens with zero attached hydrogens (tertiary/aromatic N) is 2. The maximum absolute atomic E-state index is 13.7. The Hall–Kier alpha value is -3.49. The summed E-state index contributed by atoms with van der Waals surface area (Å²) in [6.07, 6.45) is -2.53. The molecule has 15 heteroatoms. The van der Waals surface area contributed by atoms with Crippen molar-refractivity contribution in [3.05, 3.63) is 105 Å². The minimum absolute atomic E-state index is 0.149. The molecule has 1 aromatic heterocycles. The van der Waals surface area contributed by atoms with E-state index in [0.717, 1.165) is 10.1 Å². The van der Waals surface area contributed by atoms with Crippen LogP contribution in [0.3, 0.4) is 0 Å². The monoisotopic (exact) mass is 605 g/mol. The first-order valence-electron chi connectivity index (χ1n) is 13.1. The van der Waals surface area contributed by atoms with Crippen LogP contribution < -0.4 is 11.2 Å². The number of hydrogen-bond acceptors (Lipinski definition) is 10. The summed E-state index contributed by atoms with van der Waals surface area (Å²) in [6.45, 7) is -0.205. The van der Waals surface area contributed by atoms with Crippen LogP contribution in [0.2, 0.25) is 0 Å². The first-order chi connectivity index (χ1) is 20.1. The third-order valence-electron chi connectivity index (χ3n) is 7.18. The average Bonchev–Trinajstić information content (AvgIpc) is 3.57. The van der Waals surface area contributed by atoms with E-state index in [1.54, 1.807) is 35.3 Å². The Morgan fingerprint density at radius 2 is 1.83 bits per heavy atom. The number of halogens is 1. The van der Waals surface area contributed by atoms with Gasteiger partial charge in [-0.2, -0.15) is 9.45 Å². The van der Waals surface area contributed by atoms with E-state index >= 15 is 0 Å². The Kier molecular flexibility index (Phi) is 8.85. The van der Waals surface area contributed by atoms with Gasteiger partial charge in [0.25, 0.3) is 5.56 Å². The summed E-state index contributed by atoms with van der Waals surface area (Å²) >= 11 is 0. The number of aromatic nitrogens is 2. The van der Waals surface area contributed by atoms with E-state index in [-0.39, 0.29) is 19.4 Å². The highest BCUT2D eigenvalue weighted by Crippen LogP contribution is 2.49. The smallest absolute Gasteiger partial charge is 0.390 e. The number of carbonyl (C=O) groups excluding carboxylic acids is 1. The molecule has 3 heterocycles. The molecule has 0 amide bonds.